The third kappa shape index (κ3) is 13.6. The van der Waals surface area contributed by atoms with Crippen molar-refractivity contribution in [3.63, 3.8) is 0 Å². The molecule has 8 aromatic heterocycles. The molecule has 0 aliphatic heterocycles. The Labute approximate surface area is 436 Å². The first-order chi connectivity index (χ1) is 32.5. The zero-order valence-corrected chi connectivity index (χ0v) is 47.5. The lowest BCUT2D eigenvalue weighted by Gasteiger charge is -2.02. The van der Waals surface area contributed by atoms with Crippen LogP contribution in [0.2, 0.25) is 0 Å². The van der Waals surface area contributed by atoms with Gasteiger partial charge in [0.1, 0.15) is 0 Å². The highest BCUT2D eigenvalue weighted by Crippen LogP contribution is 2.52. The van der Waals surface area contributed by atoms with Crippen molar-refractivity contribution in [2.45, 2.75) is 165 Å². The van der Waals surface area contributed by atoms with Crippen LogP contribution in [0.1, 0.15) is 153 Å². The molecule has 8 aromatic rings. The van der Waals surface area contributed by atoms with Gasteiger partial charge in [-0.15, -0.1) is 90.7 Å². The van der Waals surface area contributed by atoms with E-state index in [0.717, 1.165) is 12.8 Å². The molecule has 0 aliphatic carbocycles. The highest BCUT2D eigenvalue weighted by molar-refractivity contribution is 8.77. The van der Waals surface area contributed by atoms with E-state index in [-0.39, 0.29) is 0 Å². The van der Waals surface area contributed by atoms with E-state index in [4.69, 9.17) is 0 Å². The smallest absolute Gasteiger partial charge is 0.0719 e. The number of aryl methyl sites for hydroxylation is 4. The van der Waals surface area contributed by atoms with Gasteiger partial charge in [0.15, 0.2) is 0 Å². The highest BCUT2D eigenvalue weighted by atomic mass is 33.1. The summed E-state index contributed by atoms with van der Waals surface area (Å²) in [6.07, 6.45) is 25.6. The number of hydrogen-bond acceptors (Lipinski definition) is 10. The maximum atomic E-state index is 2.54. The fraction of sp³-hybridized carbons (Fsp3) is 0.429. The van der Waals surface area contributed by atoms with Gasteiger partial charge in [0.2, 0.25) is 0 Å². The Balaban J connectivity index is 0.977. The summed E-state index contributed by atoms with van der Waals surface area (Å²) in [5.41, 5.74) is 6.15. The Bertz CT molecular complexity index is 2460. The van der Waals surface area contributed by atoms with Gasteiger partial charge in [-0.05, 0) is 179 Å². The van der Waals surface area contributed by atoms with Crippen molar-refractivity contribution in [1.82, 2.24) is 0 Å². The van der Waals surface area contributed by atoms with E-state index in [9.17, 15) is 0 Å². The second-order valence-electron chi connectivity index (χ2n) is 17.5. The van der Waals surface area contributed by atoms with E-state index in [0.29, 0.717) is 0 Å². The monoisotopic (exact) mass is 1060 g/mol. The van der Waals surface area contributed by atoms with Gasteiger partial charge in [0.05, 0.1) is 8.42 Å². The minimum atomic E-state index is 1.16. The first kappa shape index (κ1) is 50.7. The zero-order chi connectivity index (χ0) is 45.5. The minimum Gasteiger partial charge on any atom is -0.143 e. The Morgan fingerprint density at radius 1 is 0.303 bits per heavy atom. The van der Waals surface area contributed by atoms with Crippen molar-refractivity contribution in [2.24, 2.45) is 0 Å². The summed E-state index contributed by atoms with van der Waals surface area (Å²) in [5, 5.41) is 4.59. The van der Waals surface area contributed by atoms with Gasteiger partial charge in [-0.3, -0.25) is 0 Å². The topological polar surface area (TPSA) is 0 Å². The molecule has 0 atom stereocenters. The minimum absolute atomic E-state index is 1.16. The van der Waals surface area contributed by atoms with Gasteiger partial charge >= 0.3 is 0 Å². The first-order valence-electron chi connectivity index (χ1n) is 24.7. The van der Waals surface area contributed by atoms with Crippen LogP contribution in [0.5, 0.6) is 0 Å². The van der Waals surface area contributed by atoms with Crippen molar-refractivity contribution in [3.05, 3.63) is 106 Å². The summed E-state index contributed by atoms with van der Waals surface area (Å²) in [6.45, 7) is 9.23. The van der Waals surface area contributed by atoms with Gasteiger partial charge in [-0.1, -0.05) is 105 Å². The van der Waals surface area contributed by atoms with Crippen molar-refractivity contribution in [2.75, 3.05) is 0 Å². The van der Waals surface area contributed by atoms with E-state index < -0.39 is 0 Å². The van der Waals surface area contributed by atoms with Gasteiger partial charge < -0.3 is 0 Å². The lowest BCUT2D eigenvalue weighted by atomic mass is 10.1. The van der Waals surface area contributed by atoms with Gasteiger partial charge in [0, 0.05) is 58.5 Å². The van der Waals surface area contributed by atoms with E-state index in [2.05, 4.69) is 111 Å². The van der Waals surface area contributed by atoms with E-state index in [1.807, 2.05) is 112 Å². The molecule has 0 nitrogen and oxygen atoms in total. The fourth-order valence-electron chi connectivity index (χ4n) is 8.60. The molecule has 0 amide bonds. The molecule has 0 fully saturated rings. The van der Waals surface area contributed by atoms with Crippen LogP contribution < -0.4 is 0 Å². The largest absolute Gasteiger partial charge is 0.143 e. The predicted molar refractivity (Wildman–Crippen MR) is 312 cm³/mol. The van der Waals surface area contributed by atoms with Crippen molar-refractivity contribution >= 4 is 112 Å². The Morgan fingerprint density at radius 2 is 0.606 bits per heavy atom. The maximum absolute atomic E-state index is 2.54. The Morgan fingerprint density at radius 3 is 0.939 bits per heavy atom. The molecular weight excluding hydrogens is 993 g/mol. The zero-order valence-electron chi connectivity index (χ0n) is 39.3. The summed E-state index contributed by atoms with van der Waals surface area (Å²) in [4.78, 5) is 17.2. The van der Waals surface area contributed by atoms with Crippen LogP contribution in [0.15, 0.2) is 92.0 Å². The summed E-state index contributed by atoms with van der Waals surface area (Å²) >= 11 is 15.8. The van der Waals surface area contributed by atoms with Crippen LogP contribution in [0, 0.1) is 0 Å². The lowest BCUT2D eigenvalue weighted by Crippen LogP contribution is -1.85. The molecule has 0 unspecified atom stereocenters. The predicted octanol–water partition coefficient (Wildman–Crippen LogP) is 23.5. The Hall–Kier alpha value is -1.70. The quantitative estimate of drug-likeness (QED) is 0.0339. The normalized spacial score (nSPS) is 11.8. The second-order valence-corrected chi connectivity index (χ2v) is 28.5. The van der Waals surface area contributed by atoms with Crippen LogP contribution in [0.3, 0.4) is 0 Å². The van der Waals surface area contributed by atoms with Crippen molar-refractivity contribution in [3.8, 4) is 58.5 Å². The van der Waals surface area contributed by atoms with Gasteiger partial charge in [0.25, 0.3) is 0 Å². The molecule has 0 saturated heterocycles. The molecule has 0 aliphatic rings. The van der Waals surface area contributed by atoms with Gasteiger partial charge in [-0.25, -0.2) is 0 Å². The number of rotatable bonds is 29. The van der Waals surface area contributed by atoms with E-state index in [1.165, 1.54) is 194 Å². The molecule has 0 radical (unpaired) electrons. The second kappa shape index (κ2) is 26.5. The molecule has 350 valence electrons. The Kier molecular flexibility index (Phi) is 20.3. The third-order valence-corrected chi connectivity index (χ3v) is 25.2. The molecule has 0 bridgehead atoms. The van der Waals surface area contributed by atoms with Crippen LogP contribution in [-0.2, 0) is 25.7 Å². The number of unbranched alkanes of at least 4 members (excludes halogenated alkanes) is 12. The highest BCUT2D eigenvalue weighted by Gasteiger charge is 2.20. The fourth-order valence-corrected chi connectivity index (χ4v) is 20.5. The average Bonchev–Trinajstić information content (AvgIpc) is 4.17. The van der Waals surface area contributed by atoms with Crippen LogP contribution in [-0.4, -0.2) is 0 Å². The molecule has 66 heavy (non-hydrogen) atoms. The molecule has 0 aromatic carbocycles. The summed E-state index contributed by atoms with van der Waals surface area (Å²) in [7, 11) is 3.96. The molecule has 0 spiro atoms. The summed E-state index contributed by atoms with van der Waals surface area (Å²) in [6, 6.07) is 28.9. The molecule has 8 heterocycles. The summed E-state index contributed by atoms with van der Waals surface area (Å²) in [5.74, 6) is 0. The summed E-state index contributed by atoms with van der Waals surface area (Å²) < 4.78 is 2.86. The lowest BCUT2D eigenvalue weighted by molar-refractivity contribution is 0.667. The van der Waals surface area contributed by atoms with Crippen molar-refractivity contribution < 1.29 is 0 Å². The van der Waals surface area contributed by atoms with E-state index >= 15 is 0 Å². The number of hydrogen-bond donors (Lipinski definition) is 0. The molecule has 0 N–H and O–H groups in total. The SMILES string of the molecule is CCCCCCc1ccsc1-c1ccc(-c2ccc(-c3sc(SSc4cc(CCCCCC)c(-c5ccc(-c6ccc(-c7sccc7CCCCCC)s6)s5)s4)cc3CCCCCC)s2)s1. The van der Waals surface area contributed by atoms with Crippen LogP contribution >= 0.6 is 112 Å². The molecule has 10 heteroatoms. The van der Waals surface area contributed by atoms with E-state index in [1.54, 1.807) is 11.1 Å². The van der Waals surface area contributed by atoms with Crippen molar-refractivity contribution in [1.29, 1.82) is 0 Å². The third-order valence-electron chi connectivity index (χ3n) is 12.3. The maximum Gasteiger partial charge on any atom is 0.0719 e. The number of thiophene rings is 8. The van der Waals surface area contributed by atoms with Crippen LogP contribution in [0.25, 0.3) is 58.5 Å². The van der Waals surface area contributed by atoms with Crippen LogP contribution in [0.4, 0.5) is 0 Å². The first-order valence-corrected chi connectivity index (χ1v) is 33.5. The standard InChI is InChI=1S/C56H66S10/c1-5-9-13-17-21-39-33-35-57-53(39)47-29-25-43(59-47)45-27-31-49(61-45)55-41(23-19-15-11-7-3)37-51(63-55)65-66-52-38-42(24-20-16-12-8-4)56(64-52)50-32-28-46(62-50)44-26-30-48(60-44)54-40(34-36-58-54)22-18-14-10-6-2/h25-38H,5-24H2,1-4H3. The van der Waals surface area contributed by atoms with Gasteiger partial charge in [-0.2, -0.15) is 0 Å². The molecular formula is C56H66S10. The molecule has 0 saturated carbocycles. The molecule has 8 rings (SSSR count). The average molecular weight is 1060 g/mol.